The molecule has 1 aliphatic heterocycles. The number of aromatic nitrogens is 3. The van der Waals surface area contributed by atoms with Crippen LogP contribution in [0.3, 0.4) is 0 Å². The molecule has 0 saturated carbocycles. The van der Waals surface area contributed by atoms with Crippen molar-refractivity contribution in [2.45, 2.75) is 19.1 Å². The van der Waals surface area contributed by atoms with Crippen molar-refractivity contribution < 1.29 is 18.0 Å². The summed E-state index contributed by atoms with van der Waals surface area (Å²) in [7, 11) is 0. The van der Waals surface area contributed by atoms with Gasteiger partial charge < -0.3 is 9.80 Å². The number of amides is 1. The van der Waals surface area contributed by atoms with E-state index in [0.29, 0.717) is 42.9 Å². The number of alkyl halides is 3. The van der Waals surface area contributed by atoms with Gasteiger partial charge in [0.1, 0.15) is 5.82 Å². The summed E-state index contributed by atoms with van der Waals surface area (Å²) in [5, 5.41) is 0.372. The molecule has 1 fully saturated rings. The molecule has 1 aromatic carbocycles. The third-order valence-electron chi connectivity index (χ3n) is 5.49. The molecule has 168 valence electrons. The number of para-hydroxylation sites is 1. The SMILES string of the molecule is O=C(CCn1c(=O)[nH]c(=O)c2ccccc21)N1CCN(c2ccc(C(F)(F)F)cn2)CC1. The van der Waals surface area contributed by atoms with Crippen LogP contribution in [0, 0.1) is 0 Å². The second kappa shape index (κ2) is 8.48. The lowest BCUT2D eigenvalue weighted by atomic mass is 10.2. The number of pyridine rings is 1. The summed E-state index contributed by atoms with van der Waals surface area (Å²) >= 11 is 0. The van der Waals surface area contributed by atoms with E-state index in [2.05, 4.69) is 9.97 Å². The van der Waals surface area contributed by atoms with Crippen LogP contribution >= 0.6 is 0 Å². The lowest BCUT2D eigenvalue weighted by Gasteiger charge is -2.35. The van der Waals surface area contributed by atoms with Crippen LogP contribution in [0.2, 0.25) is 0 Å². The zero-order valence-electron chi connectivity index (χ0n) is 16.9. The number of carbonyl (C=O) groups excluding carboxylic acids is 1. The maximum absolute atomic E-state index is 12.7. The topological polar surface area (TPSA) is 91.3 Å². The van der Waals surface area contributed by atoms with Gasteiger partial charge in [0.05, 0.1) is 16.5 Å². The number of nitrogens with zero attached hydrogens (tertiary/aromatic N) is 4. The summed E-state index contributed by atoms with van der Waals surface area (Å²) in [6.07, 6.45) is -3.55. The summed E-state index contributed by atoms with van der Waals surface area (Å²) < 4.78 is 39.4. The monoisotopic (exact) mass is 447 g/mol. The number of hydrogen-bond acceptors (Lipinski definition) is 5. The number of aromatic amines is 1. The molecule has 0 aliphatic carbocycles. The smallest absolute Gasteiger partial charge is 0.353 e. The number of carbonyl (C=O) groups is 1. The molecule has 0 radical (unpaired) electrons. The van der Waals surface area contributed by atoms with Crippen LogP contribution in [0.15, 0.2) is 52.2 Å². The normalized spacial score (nSPS) is 14.7. The largest absolute Gasteiger partial charge is 0.417 e. The van der Waals surface area contributed by atoms with Crippen molar-refractivity contribution >= 4 is 22.6 Å². The molecule has 1 aliphatic rings. The molecule has 11 heteroatoms. The Morgan fingerprint density at radius 2 is 1.75 bits per heavy atom. The fourth-order valence-electron chi connectivity index (χ4n) is 3.76. The second-order valence-electron chi connectivity index (χ2n) is 7.45. The summed E-state index contributed by atoms with van der Waals surface area (Å²) in [5.74, 6) is 0.281. The van der Waals surface area contributed by atoms with Crippen LogP contribution in [0.5, 0.6) is 0 Å². The van der Waals surface area contributed by atoms with Crippen LogP contribution in [-0.2, 0) is 17.5 Å². The first-order valence-corrected chi connectivity index (χ1v) is 10.0. The van der Waals surface area contributed by atoms with E-state index < -0.39 is 23.0 Å². The highest BCUT2D eigenvalue weighted by molar-refractivity contribution is 5.79. The lowest BCUT2D eigenvalue weighted by molar-refractivity contribution is -0.138. The van der Waals surface area contributed by atoms with Crippen molar-refractivity contribution in [2.75, 3.05) is 31.1 Å². The molecule has 1 amide bonds. The van der Waals surface area contributed by atoms with Gasteiger partial charge in [0.15, 0.2) is 0 Å². The number of hydrogen-bond donors (Lipinski definition) is 1. The highest BCUT2D eigenvalue weighted by Gasteiger charge is 2.31. The number of benzene rings is 1. The van der Waals surface area contributed by atoms with Crippen molar-refractivity contribution in [3.63, 3.8) is 0 Å². The molecule has 8 nitrogen and oxygen atoms in total. The first-order chi connectivity index (χ1) is 15.2. The maximum Gasteiger partial charge on any atom is 0.417 e. The summed E-state index contributed by atoms with van der Waals surface area (Å²) in [6, 6.07) is 9.00. The Balaban J connectivity index is 1.37. The van der Waals surface area contributed by atoms with Gasteiger partial charge in [-0.1, -0.05) is 12.1 Å². The number of H-pyrrole nitrogens is 1. The predicted molar refractivity (Wildman–Crippen MR) is 111 cm³/mol. The number of fused-ring (bicyclic) bond motifs is 1. The lowest BCUT2D eigenvalue weighted by Crippen LogP contribution is -2.49. The molecule has 4 rings (SSSR count). The van der Waals surface area contributed by atoms with Crippen molar-refractivity contribution in [3.05, 3.63) is 69.0 Å². The van der Waals surface area contributed by atoms with Crippen LogP contribution in [0.1, 0.15) is 12.0 Å². The Morgan fingerprint density at radius 3 is 2.41 bits per heavy atom. The Kier molecular flexibility index (Phi) is 5.72. The van der Waals surface area contributed by atoms with E-state index in [9.17, 15) is 27.6 Å². The van der Waals surface area contributed by atoms with Crippen molar-refractivity contribution in [1.29, 1.82) is 0 Å². The van der Waals surface area contributed by atoms with Crippen LogP contribution < -0.4 is 16.1 Å². The van der Waals surface area contributed by atoms with E-state index in [0.717, 1.165) is 12.3 Å². The molecular weight excluding hydrogens is 427 g/mol. The minimum atomic E-state index is -4.43. The number of anilines is 1. The summed E-state index contributed by atoms with van der Waals surface area (Å²) in [6.45, 7) is 1.78. The summed E-state index contributed by atoms with van der Waals surface area (Å²) in [4.78, 5) is 46.5. The molecule has 3 aromatic rings. The average Bonchev–Trinajstić information content (AvgIpc) is 2.78. The fraction of sp³-hybridized carbons (Fsp3) is 0.333. The highest BCUT2D eigenvalue weighted by Crippen LogP contribution is 2.29. The predicted octanol–water partition coefficient (Wildman–Crippen LogP) is 1.84. The van der Waals surface area contributed by atoms with E-state index in [1.54, 1.807) is 29.2 Å². The van der Waals surface area contributed by atoms with E-state index in [4.69, 9.17) is 0 Å². The van der Waals surface area contributed by atoms with E-state index in [1.807, 2.05) is 4.90 Å². The Morgan fingerprint density at radius 1 is 1.03 bits per heavy atom. The van der Waals surface area contributed by atoms with Gasteiger partial charge in [0.2, 0.25) is 5.91 Å². The first kappa shape index (κ1) is 21.6. The molecule has 0 unspecified atom stereocenters. The van der Waals surface area contributed by atoms with E-state index in [1.165, 1.54) is 10.6 Å². The Bertz CT molecular complexity index is 1240. The quantitative estimate of drug-likeness (QED) is 0.659. The zero-order valence-corrected chi connectivity index (χ0v) is 16.9. The average molecular weight is 447 g/mol. The van der Waals surface area contributed by atoms with Crippen molar-refractivity contribution in [1.82, 2.24) is 19.4 Å². The minimum Gasteiger partial charge on any atom is -0.353 e. The number of rotatable bonds is 4. The van der Waals surface area contributed by atoms with E-state index >= 15 is 0 Å². The van der Waals surface area contributed by atoms with Gasteiger partial charge in [-0.25, -0.2) is 9.78 Å². The molecular formula is C21H20F3N5O3. The van der Waals surface area contributed by atoms with Gasteiger partial charge in [0, 0.05) is 45.3 Å². The highest BCUT2D eigenvalue weighted by atomic mass is 19.4. The summed E-state index contributed by atoms with van der Waals surface area (Å²) in [5.41, 5.74) is -1.38. The molecule has 0 atom stereocenters. The Labute approximate surface area is 179 Å². The Hall–Kier alpha value is -3.63. The number of aryl methyl sites for hydroxylation is 1. The minimum absolute atomic E-state index is 0.0779. The number of nitrogens with one attached hydrogen (secondary N) is 1. The molecule has 3 heterocycles. The molecule has 1 N–H and O–H groups in total. The van der Waals surface area contributed by atoms with Crippen LogP contribution in [0.4, 0.5) is 19.0 Å². The zero-order chi connectivity index (χ0) is 22.9. The third kappa shape index (κ3) is 4.36. The van der Waals surface area contributed by atoms with Crippen molar-refractivity contribution in [3.8, 4) is 0 Å². The molecule has 32 heavy (non-hydrogen) atoms. The van der Waals surface area contributed by atoms with Gasteiger partial charge in [-0.15, -0.1) is 0 Å². The van der Waals surface area contributed by atoms with Gasteiger partial charge in [0.25, 0.3) is 5.56 Å². The number of halogens is 3. The standard InChI is InChI=1S/C21H20F3N5O3/c22-21(23,24)14-5-6-17(25-13-14)27-9-11-28(12-10-27)18(30)7-8-29-16-4-2-1-3-15(16)19(31)26-20(29)32/h1-6,13H,7-12H2,(H,26,31,32). The van der Waals surface area contributed by atoms with Gasteiger partial charge in [-0.2, -0.15) is 13.2 Å². The van der Waals surface area contributed by atoms with Gasteiger partial charge in [-0.3, -0.25) is 19.1 Å². The van der Waals surface area contributed by atoms with Crippen LogP contribution in [-0.4, -0.2) is 51.5 Å². The van der Waals surface area contributed by atoms with Crippen molar-refractivity contribution in [2.24, 2.45) is 0 Å². The second-order valence-corrected chi connectivity index (χ2v) is 7.45. The first-order valence-electron chi connectivity index (χ1n) is 10.0. The number of piperazine rings is 1. The molecule has 2 aromatic heterocycles. The van der Waals surface area contributed by atoms with Gasteiger partial charge in [-0.05, 0) is 24.3 Å². The maximum atomic E-state index is 12.7. The molecule has 1 saturated heterocycles. The molecule has 0 spiro atoms. The third-order valence-corrected chi connectivity index (χ3v) is 5.49. The molecule has 0 bridgehead atoms. The van der Waals surface area contributed by atoms with Crippen LogP contribution in [0.25, 0.3) is 10.9 Å². The van der Waals surface area contributed by atoms with E-state index in [-0.39, 0.29) is 18.9 Å². The van der Waals surface area contributed by atoms with Gasteiger partial charge >= 0.3 is 11.9 Å². The fourth-order valence-corrected chi connectivity index (χ4v) is 3.76.